The number of ether oxygens (including phenoxy) is 3. The van der Waals surface area contributed by atoms with Gasteiger partial charge in [-0.3, -0.25) is 4.98 Å². The van der Waals surface area contributed by atoms with E-state index >= 15 is 0 Å². The molecule has 2 aromatic rings. The van der Waals surface area contributed by atoms with Crippen molar-refractivity contribution >= 4 is 36.5 Å². The molecule has 13 heteroatoms. The smallest absolute Gasteiger partial charge is 0.433 e. The van der Waals surface area contributed by atoms with E-state index in [0.717, 1.165) is 11.6 Å². The molecule has 0 fully saturated rings. The summed E-state index contributed by atoms with van der Waals surface area (Å²) in [6.07, 6.45) is -2.83. The van der Waals surface area contributed by atoms with E-state index in [2.05, 4.69) is 15.3 Å². The molecule has 0 aromatic carbocycles. The first kappa shape index (κ1) is 32.5. The van der Waals surface area contributed by atoms with Crippen LogP contribution in [0.5, 0.6) is 0 Å². The summed E-state index contributed by atoms with van der Waals surface area (Å²) in [7, 11) is 1.24. The lowest BCUT2D eigenvalue weighted by Gasteiger charge is -2.19. The number of hydrogen-bond donors (Lipinski definition) is 1. The second-order valence-electron chi connectivity index (χ2n) is 9.29. The number of aromatic nitrogens is 2. The monoisotopic (exact) mass is 671 g/mol. The number of alkyl carbamates (subject to hydrolysis) is 1. The molecule has 0 saturated carbocycles. The quantitative estimate of drug-likeness (QED) is 0.139. The van der Waals surface area contributed by atoms with E-state index in [0.29, 0.717) is 68.4 Å². The van der Waals surface area contributed by atoms with Gasteiger partial charge in [-0.15, -0.1) is 0 Å². The minimum absolute atomic E-state index is 0.127. The number of rotatable bonds is 14. The molecule has 1 amide bonds. The average Bonchev–Trinajstić information content (AvgIpc) is 2.82. The highest BCUT2D eigenvalue weighted by atomic mass is 127. The Morgan fingerprint density at radius 3 is 2.34 bits per heavy atom. The normalized spacial score (nSPS) is 12.0. The van der Waals surface area contributed by atoms with Gasteiger partial charge in [0.1, 0.15) is 11.3 Å². The molecule has 0 spiro atoms. The van der Waals surface area contributed by atoms with Crippen molar-refractivity contribution in [2.75, 3.05) is 33.0 Å². The van der Waals surface area contributed by atoms with E-state index in [9.17, 15) is 18.0 Å². The Kier molecular flexibility index (Phi) is 13.5. The predicted molar refractivity (Wildman–Crippen MR) is 148 cm³/mol. The second-order valence-corrected chi connectivity index (χ2v) is 10.7. The molecule has 1 N–H and O–H groups in total. The number of nitrogens with one attached hydrogen (secondary N) is 1. The maximum Gasteiger partial charge on any atom is 0.433 e. The van der Waals surface area contributed by atoms with Crippen LogP contribution in [-0.4, -0.2) is 54.7 Å². The predicted octanol–water partition coefficient (Wildman–Crippen LogP) is 6.48. The van der Waals surface area contributed by atoms with Crippen LogP contribution in [-0.2, 0) is 37.5 Å². The van der Waals surface area contributed by atoms with Gasteiger partial charge in [-0.05, 0) is 69.9 Å². The van der Waals surface area contributed by atoms with Crippen LogP contribution in [0.4, 0.5) is 18.0 Å². The molecule has 0 unspecified atom stereocenters. The van der Waals surface area contributed by atoms with Gasteiger partial charge in [-0.1, -0.05) is 0 Å². The van der Waals surface area contributed by atoms with E-state index in [4.69, 9.17) is 18.4 Å². The molecule has 0 aliphatic carbocycles. The van der Waals surface area contributed by atoms with Gasteiger partial charge in [0.25, 0.3) is 0 Å². The lowest BCUT2D eigenvalue weighted by molar-refractivity contribution is -0.141. The Labute approximate surface area is 237 Å². The molecule has 0 aliphatic heterocycles. The van der Waals surface area contributed by atoms with Crippen molar-refractivity contribution in [3.8, 4) is 11.1 Å². The van der Waals surface area contributed by atoms with E-state index in [-0.39, 0.29) is 6.54 Å². The topological polar surface area (TPSA) is 91.8 Å². The van der Waals surface area contributed by atoms with Gasteiger partial charge in [-0.2, -0.15) is 13.2 Å². The van der Waals surface area contributed by atoms with Crippen LogP contribution in [0.15, 0.2) is 24.4 Å². The third-order valence-corrected chi connectivity index (χ3v) is 5.93. The second kappa shape index (κ2) is 15.8. The lowest BCUT2D eigenvalue weighted by atomic mass is 10.00. The SMILES string of the molecule is Cc1cc(CNC(=O)OC(C)(C)C)ncc1-c1cc(CCCOCCOCCOSI)nc(C(F)(F)F)c1. The minimum Gasteiger partial charge on any atom is -0.444 e. The summed E-state index contributed by atoms with van der Waals surface area (Å²) in [6.45, 7) is 9.31. The van der Waals surface area contributed by atoms with Crippen molar-refractivity contribution in [1.29, 1.82) is 0 Å². The Balaban J connectivity index is 2.01. The summed E-state index contributed by atoms with van der Waals surface area (Å²) in [5, 5.41) is 2.62. The molecule has 0 aliphatic rings. The zero-order valence-electron chi connectivity index (χ0n) is 21.8. The summed E-state index contributed by atoms with van der Waals surface area (Å²) < 4.78 is 61.9. The van der Waals surface area contributed by atoms with Crippen LogP contribution in [0.1, 0.15) is 49.8 Å². The van der Waals surface area contributed by atoms with Crippen LogP contribution in [0.3, 0.4) is 0 Å². The molecule has 0 saturated heterocycles. The molecule has 2 rings (SSSR count). The summed E-state index contributed by atoms with van der Waals surface area (Å²) in [5.74, 6) is 0. The molecule has 8 nitrogen and oxygen atoms in total. The van der Waals surface area contributed by atoms with Gasteiger partial charge < -0.3 is 23.7 Å². The van der Waals surface area contributed by atoms with Gasteiger partial charge in [0, 0.05) is 45.3 Å². The molecular formula is C25H33F3IN3O5S. The Morgan fingerprint density at radius 2 is 1.71 bits per heavy atom. The van der Waals surface area contributed by atoms with Crippen molar-refractivity contribution in [3.63, 3.8) is 0 Å². The summed E-state index contributed by atoms with van der Waals surface area (Å²) in [5.41, 5.74) is 0.936. The fourth-order valence-electron chi connectivity index (χ4n) is 3.31. The highest BCUT2D eigenvalue weighted by Crippen LogP contribution is 2.32. The zero-order chi connectivity index (χ0) is 28.2. The number of nitrogens with zero attached hydrogens (tertiary/aromatic N) is 2. The number of carbonyl (C=O) groups is 1. The van der Waals surface area contributed by atoms with Gasteiger partial charge in [0.2, 0.25) is 0 Å². The standard InChI is InChI=1S/C25H33F3IN3O5S/c1-17-12-20(15-31-23(33)37-24(2,3)4)30-16-21(17)18-13-19(32-22(14-18)25(26,27)28)6-5-7-34-8-9-35-10-11-36-38-29/h12-14,16H,5-11,15H2,1-4H3,(H,31,33). The number of alkyl halides is 3. The van der Waals surface area contributed by atoms with Crippen molar-refractivity contribution in [3.05, 3.63) is 47.0 Å². The Morgan fingerprint density at radius 1 is 1.03 bits per heavy atom. The summed E-state index contributed by atoms with van der Waals surface area (Å²) in [4.78, 5) is 20.0. The number of aryl methyl sites for hydroxylation is 2. The van der Waals surface area contributed by atoms with Crippen LogP contribution in [0.25, 0.3) is 11.1 Å². The molecule has 38 heavy (non-hydrogen) atoms. The third kappa shape index (κ3) is 12.5. The molecule has 2 heterocycles. The van der Waals surface area contributed by atoms with Crippen molar-refractivity contribution in [2.24, 2.45) is 0 Å². The lowest BCUT2D eigenvalue weighted by Crippen LogP contribution is -2.32. The first-order chi connectivity index (χ1) is 17.9. The summed E-state index contributed by atoms with van der Waals surface area (Å²) >= 11 is 2.03. The van der Waals surface area contributed by atoms with Crippen molar-refractivity contribution in [2.45, 2.75) is 58.9 Å². The number of halogens is 4. The van der Waals surface area contributed by atoms with Crippen molar-refractivity contribution in [1.82, 2.24) is 15.3 Å². The van der Waals surface area contributed by atoms with E-state index in [1.807, 2.05) is 21.2 Å². The number of pyridine rings is 2. The van der Waals surface area contributed by atoms with Crippen LogP contribution < -0.4 is 5.32 Å². The number of amides is 1. The molecule has 2 aromatic heterocycles. The highest BCUT2D eigenvalue weighted by Gasteiger charge is 2.33. The van der Waals surface area contributed by atoms with Crippen LogP contribution in [0.2, 0.25) is 0 Å². The molecule has 0 bridgehead atoms. The Hall–Kier alpha value is -1.68. The minimum atomic E-state index is -4.59. The molecule has 0 atom stereocenters. The van der Waals surface area contributed by atoms with E-state index < -0.39 is 23.6 Å². The molecule has 212 valence electrons. The fourth-order valence-corrected chi connectivity index (χ4v) is 3.98. The van der Waals surface area contributed by atoms with Gasteiger partial charge >= 0.3 is 12.3 Å². The summed E-state index contributed by atoms with van der Waals surface area (Å²) in [6, 6.07) is 4.40. The van der Waals surface area contributed by atoms with Gasteiger partial charge in [-0.25, -0.2) is 9.78 Å². The van der Waals surface area contributed by atoms with Crippen LogP contribution in [0, 0.1) is 6.92 Å². The van der Waals surface area contributed by atoms with E-state index in [1.165, 1.54) is 15.4 Å². The van der Waals surface area contributed by atoms with Crippen LogP contribution >= 0.6 is 30.4 Å². The Bertz CT molecular complexity index is 1040. The third-order valence-electron chi connectivity index (χ3n) is 4.91. The maximum atomic E-state index is 13.6. The van der Waals surface area contributed by atoms with E-state index in [1.54, 1.807) is 39.8 Å². The van der Waals surface area contributed by atoms with Gasteiger partial charge in [0.15, 0.2) is 0 Å². The zero-order valence-corrected chi connectivity index (χ0v) is 24.8. The largest absolute Gasteiger partial charge is 0.444 e. The first-order valence-electron chi connectivity index (χ1n) is 12.0. The average molecular weight is 672 g/mol. The molecular weight excluding hydrogens is 638 g/mol. The first-order valence-corrected chi connectivity index (χ1v) is 15.2. The maximum absolute atomic E-state index is 13.6. The van der Waals surface area contributed by atoms with Gasteiger partial charge in [0.05, 0.1) is 47.9 Å². The highest BCUT2D eigenvalue weighted by molar-refractivity contribution is 14.2. The van der Waals surface area contributed by atoms with Crippen molar-refractivity contribution < 1.29 is 36.4 Å². The number of hydrogen-bond acceptors (Lipinski definition) is 8. The number of carbonyl (C=O) groups excluding carboxylic acids is 1. The fraction of sp³-hybridized carbons (Fsp3) is 0.560. The molecule has 0 radical (unpaired) electrons.